The van der Waals surface area contributed by atoms with Crippen LogP contribution in [0.3, 0.4) is 0 Å². The molecular formula is C25H24ClN5O. The number of aromatic nitrogens is 4. The number of hydrogen-bond donors (Lipinski definition) is 1. The van der Waals surface area contributed by atoms with Crippen LogP contribution in [0.5, 0.6) is 0 Å². The van der Waals surface area contributed by atoms with Crippen molar-refractivity contribution in [1.82, 2.24) is 19.6 Å². The molecule has 0 fully saturated rings. The number of carbonyl (C=O) groups is 1. The molecule has 0 bridgehead atoms. The zero-order valence-electron chi connectivity index (χ0n) is 18.2. The summed E-state index contributed by atoms with van der Waals surface area (Å²) in [5.41, 5.74) is 6.13. The van der Waals surface area contributed by atoms with Gasteiger partial charge in [-0.05, 0) is 37.6 Å². The molecule has 7 heteroatoms. The van der Waals surface area contributed by atoms with Gasteiger partial charge in [0.25, 0.3) is 0 Å². The zero-order chi connectivity index (χ0) is 22.7. The third-order valence-electron chi connectivity index (χ3n) is 5.27. The van der Waals surface area contributed by atoms with Crippen molar-refractivity contribution in [1.29, 1.82) is 0 Å². The lowest BCUT2D eigenvalue weighted by Gasteiger charge is -2.02. The van der Waals surface area contributed by atoms with E-state index in [1.54, 1.807) is 10.8 Å². The summed E-state index contributed by atoms with van der Waals surface area (Å²) in [6, 6.07) is 17.6. The van der Waals surface area contributed by atoms with Gasteiger partial charge in [-0.2, -0.15) is 10.2 Å². The Labute approximate surface area is 192 Å². The van der Waals surface area contributed by atoms with Gasteiger partial charge in [-0.3, -0.25) is 14.2 Å². The number of anilines is 1. The summed E-state index contributed by atoms with van der Waals surface area (Å²) < 4.78 is 3.63. The lowest BCUT2D eigenvalue weighted by molar-refractivity contribution is -0.111. The van der Waals surface area contributed by atoms with Crippen molar-refractivity contribution in [2.24, 2.45) is 7.05 Å². The number of aryl methyl sites for hydroxylation is 2. The molecule has 4 aromatic rings. The number of halogens is 1. The number of hydrogen-bond acceptors (Lipinski definition) is 3. The van der Waals surface area contributed by atoms with Crippen LogP contribution in [0, 0.1) is 13.8 Å². The van der Waals surface area contributed by atoms with Crippen LogP contribution in [0.2, 0.25) is 5.02 Å². The van der Waals surface area contributed by atoms with Gasteiger partial charge in [0.1, 0.15) is 0 Å². The molecule has 6 nitrogen and oxygen atoms in total. The number of nitrogens with one attached hydrogen (secondary N) is 1. The number of carbonyl (C=O) groups excluding carboxylic acids is 1. The monoisotopic (exact) mass is 445 g/mol. The van der Waals surface area contributed by atoms with Crippen LogP contribution in [0.15, 0.2) is 66.9 Å². The first-order chi connectivity index (χ1) is 15.4. The fraction of sp³-hybridized carbons (Fsp3) is 0.160. The molecule has 0 aliphatic carbocycles. The quantitative estimate of drug-likeness (QED) is 0.412. The largest absolute Gasteiger partial charge is 0.319 e. The second-order valence-corrected chi connectivity index (χ2v) is 8.05. The zero-order valence-corrected chi connectivity index (χ0v) is 19.0. The maximum absolute atomic E-state index is 12.6. The molecule has 2 heterocycles. The number of nitrogens with zero attached hydrogens (tertiary/aromatic N) is 4. The Morgan fingerprint density at radius 3 is 2.44 bits per heavy atom. The van der Waals surface area contributed by atoms with Crippen molar-refractivity contribution >= 4 is 29.3 Å². The van der Waals surface area contributed by atoms with E-state index in [0.717, 1.165) is 39.5 Å². The Hall–Kier alpha value is -3.64. The SMILES string of the molecule is Cc1nn(C)c(C)c1NC(=O)/C=C/c1cn(Cc2ccccc2)nc1-c1ccc(Cl)cc1. The highest BCUT2D eigenvalue weighted by atomic mass is 35.5. The van der Waals surface area contributed by atoms with Crippen LogP contribution in [0.25, 0.3) is 17.3 Å². The maximum atomic E-state index is 12.6. The third kappa shape index (κ3) is 4.81. The molecule has 0 unspecified atom stereocenters. The molecule has 0 saturated heterocycles. The van der Waals surface area contributed by atoms with E-state index in [1.165, 1.54) is 6.08 Å². The van der Waals surface area contributed by atoms with Crippen molar-refractivity contribution in [2.75, 3.05) is 5.32 Å². The summed E-state index contributed by atoms with van der Waals surface area (Å²) in [6.07, 6.45) is 5.26. The van der Waals surface area contributed by atoms with Gasteiger partial charge in [-0.1, -0.05) is 54.1 Å². The molecule has 0 saturated carbocycles. The number of amides is 1. The maximum Gasteiger partial charge on any atom is 0.248 e. The highest BCUT2D eigenvalue weighted by Crippen LogP contribution is 2.25. The molecule has 0 radical (unpaired) electrons. The topological polar surface area (TPSA) is 64.7 Å². The molecule has 0 aliphatic rings. The van der Waals surface area contributed by atoms with Gasteiger partial charge in [0.05, 0.1) is 29.3 Å². The van der Waals surface area contributed by atoms with Crippen molar-refractivity contribution in [2.45, 2.75) is 20.4 Å². The first kappa shape index (κ1) is 21.6. The van der Waals surface area contributed by atoms with Crippen LogP contribution >= 0.6 is 11.6 Å². The molecule has 32 heavy (non-hydrogen) atoms. The highest BCUT2D eigenvalue weighted by molar-refractivity contribution is 6.30. The fourth-order valence-corrected chi connectivity index (χ4v) is 3.65. The van der Waals surface area contributed by atoms with Crippen LogP contribution in [-0.4, -0.2) is 25.5 Å². The first-order valence-corrected chi connectivity index (χ1v) is 10.6. The van der Waals surface area contributed by atoms with E-state index in [9.17, 15) is 4.79 Å². The van der Waals surface area contributed by atoms with E-state index in [2.05, 4.69) is 22.5 Å². The van der Waals surface area contributed by atoms with E-state index in [4.69, 9.17) is 16.7 Å². The molecule has 0 aliphatic heterocycles. The summed E-state index contributed by atoms with van der Waals surface area (Å²) in [5.74, 6) is -0.220. The highest BCUT2D eigenvalue weighted by Gasteiger charge is 2.13. The van der Waals surface area contributed by atoms with Crippen LogP contribution in [0.4, 0.5) is 5.69 Å². The second-order valence-electron chi connectivity index (χ2n) is 7.62. The minimum absolute atomic E-state index is 0.220. The summed E-state index contributed by atoms with van der Waals surface area (Å²) >= 11 is 6.06. The summed E-state index contributed by atoms with van der Waals surface area (Å²) in [6.45, 7) is 4.43. The summed E-state index contributed by atoms with van der Waals surface area (Å²) in [4.78, 5) is 12.6. The first-order valence-electron chi connectivity index (χ1n) is 10.3. The Kier molecular flexibility index (Phi) is 6.23. The second kappa shape index (κ2) is 9.24. The van der Waals surface area contributed by atoms with Gasteiger partial charge in [0.2, 0.25) is 5.91 Å². The van der Waals surface area contributed by atoms with E-state index in [1.807, 2.05) is 74.2 Å². The van der Waals surface area contributed by atoms with Crippen molar-refractivity contribution < 1.29 is 4.79 Å². The van der Waals surface area contributed by atoms with Gasteiger partial charge >= 0.3 is 0 Å². The van der Waals surface area contributed by atoms with E-state index in [-0.39, 0.29) is 5.91 Å². The van der Waals surface area contributed by atoms with E-state index >= 15 is 0 Å². The number of rotatable bonds is 6. The summed E-state index contributed by atoms with van der Waals surface area (Å²) in [5, 5.41) is 12.7. The molecule has 1 N–H and O–H groups in total. The molecule has 4 rings (SSSR count). The lowest BCUT2D eigenvalue weighted by Crippen LogP contribution is -2.09. The van der Waals surface area contributed by atoms with Gasteiger partial charge in [0.15, 0.2) is 0 Å². The normalized spacial score (nSPS) is 11.2. The lowest BCUT2D eigenvalue weighted by atomic mass is 10.1. The minimum Gasteiger partial charge on any atom is -0.319 e. The van der Waals surface area contributed by atoms with Crippen molar-refractivity contribution in [3.63, 3.8) is 0 Å². The third-order valence-corrected chi connectivity index (χ3v) is 5.52. The van der Waals surface area contributed by atoms with E-state index in [0.29, 0.717) is 11.6 Å². The van der Waals surface area contributed by atoms with Crippen molar-refractivity contribution in [3.8, 4) is 11.3 Å². The Balaban J connectivity index is 1.62. The van der Waals surface area contributed by atoms with Crippen LogP contribution in [0.1, 0.15) is 22.5 Å². The summed E-state index contributed by atoms with van der Waals surface area (Å²) in [7, 11) is 1.85. The van der Waals surface area contributed by atoms with Gasteiger partial charge in [-0.25, -0.2) is 0 Å². The molecule has 0 atom stereocenters. The van der Waals surface area contributed by atoms with Crippen LogP contribution < -0.4 is 5.32 Å². The Bertz CT molecular complexity index is 1270. The van der Waals surface area contributed by atoms with E-state index < -0.39 is 0 Å². The number of benzene rings is 2. The predicted octanol–water partition coefficient (Wildman–Crippen LogP) is 5.25. The molecule has 2 aromatic heterocycles. The van der Waals surface area contributed by atoms with Crippen molar-refractivity contribution in [3.05, 3.63) is 94.4 Å². The molecule has 1 amide bonds. The molecule has 162 valence electrons. The molecule has 2 aromatic carbocycles. The Morgan fingerprint density at radius 1 is 1.06 bits per heavy atom. The fourth-order valence-electron chi connectivity index (χ4n) is 3.53. The van der Waals surface area contributed by atoms with Gasteiger partial charge in [0, 0.05) is 35.5 Å². The van der Waals surface area contributed by atoms with Gasteiger partial charge in [-0.15, -0.1) is 0 Å². The Morgan fingerprint density at radius 2 is 1.78 bits per heavy atom. The average molecular weight is 446 g/mol. The van der Waals surface area contributed by atoms with Gasteiger partial charge < -0.3 is 5.32 Å². The molecule has 0 spiro atoms. The molecular weight excluding hydrogens is 422 g/mol. The predicted molar refractivity (Wildman–Crippen MR) is 129 cm³/mol. The average Bonchev–Trinajstić information content (AvgIpc) is 3.29. The minimum atomic E-state index is -0.220. The standard InChI is InChI=1S/C25H24ClN5O/c1-17-24(18(2)30(3)28-17)27-23(32)14-11-21-16-31(15-19-7-5-4-6-8-19)29-25(21)20-9-12-22(26)13-10-20/h4-14,16H,15H2,1-3H3,(H,27,32)/b14-11+. The van der Waals surface area contributed by atoms with Crippen LogP contribution in [-0.2, 0) is 18.4 Å². The smallest absolute Gasteiger partial charge is 0.248 e.